The fourth-order valence-electron chi connectivity index (χ4n) is 4.66. The van der Waals surface area contributed by atoms with Gasteiger partial charge in [-0.05, 0) is 62.3 Å². The Labute approximate surface area is 186 Å². The van der Waals surface area contributed by atoms with Crippen LogP contribution in [0.2, 0.25) is 0 Å². The molecule has 3 aliphatic rings. The van der Waals surface area contributed by atoms with Gasteiger partial charge in [-0.1, -0.05) is 19.3 Å². The number of hydrogen-bond acceptors (Lipinski definition) is 6. The lowest BCUT2D eigenvalue weighted by atomic mass is 9.89. The van der Waals surface area contributed by atoms with Crippen molar-refractivity contribution in [3.63, 3.8) is 0 Å². The van der Waals surface area contributed by atoms with Crippen molar-refractivity contribution in [2.75, 3.05) is 45.2 Å². The molecule has 0 atom stereocenters. The highest BCUT2D eigenvalue weighted by Gasteiger charge is 2.24. The van der Waals surface area contributed by atoms with E-state index in [0.717, 1.165) is 47.8 Å². The van der Waals surface area contributed by atoms with Gasteiger partial charge in [-0.25, -0.2) is 15.0 Å². The molecule has 2 saturated carbocycles. The van der Waals surface area contributed by atoms with E-state index < -0.39 is 0 Å². The quantitative estimate of drug-likeness (QED) is 0.585. The second-order valence-electron chi connectivity index (χ2n) is 9.49. The zero-order valence-corrected chi connectivity index (χ0v) is 19.1. The van der Waals surface area contributed by atoms with Gasteiger partial charge in [0.05, 0.1) is 5.39 Å². The van der Waals surface area contributed by atoms with Gasteiger partial charge in [0.2, 0.25) is 0 Å². The molecule has 172 valence electrons. The number of rotatable bonds is 8. The zero-order valence-electron chi connectivity index (χ0n) is 19.1. The molecule has 3 heterocycles. The van der Waals surface area contributed by atoms with Gasteiger partial charge in [-0.2, -0.15) is 0 Å². The van der Waals surface area contributed by atoms with Crippen molar-refractivity contribution in [1.29, 1.82) is 0 Å². The standard InChI is InChI=1S/C17H32N2O.C7H8N4/c1-2-4-15(5-3-1)12-18-19-10-8-17(9-11-19)14-20-13-16-6-7-16;1-8-6-5-2-3-9-7(5)11-4-10-6/h15-18H,1-14H2;2-4H,1H3,(H2,8,9,10,11). The topological polar surface area (TPSA) is 78.1 Å². The van der Waals surface area contributed by atoms with Crippen LogP contribution in [0.3, 0.4) is 0 Å². The maximum absolute atomic E-state index is 5.85. The van der Waals surface area contributed by atoms with Crippen LogP contribution >= 0.6 is 0 Å². The van der Waals surface area contributed by atoms with Crippen LogP contribution in [0.25, 0.3) is 11.0 Å². The first-order valence-electron chi connectivity index (χ1n) is 12.3. The minimum absolute atomic E-state index is 0.807. The molecule has 5 rings (SSSR count). The first kappa shape index (κ1) is 22.5. The summed E-state index contributed by atoms with van der Waals surface area (Å²) in [6.45, 7) is 5.67. The predicted molar refractivity (Wildman–Crippen MR) is 126 cm³/mol. The minimum atomic E-state index is 0.807. The van der Waals surface area contributed by atoms with Crippen LogP contribution < -0.4 is 10.7 Å². The summed E-state index contributed by atoms with van der Waals surface area (Å²) in [5.74, 6) is 3.51. The highest BCUT2D eigenvalue weighted by molar-refractivity contribution is 5.86. The molecule has 2 aliphatic carbocycles. The van der Waals surface area contributed by atoms with Gasteiger partial charge in [0, 0.05) is 46.1 Å². The number of hydrazine groups is 1. The van der Waals surface area contributed by atoms with E-state index in [4.69, 9.17) is 4.74 Å². The van der Waals surface area contributed by atoms with Gasteiger partial charge in [0.15, 0.2) is 0 Å². The van der Waals surface area contributed by atoms with Crippen LogP contribution in [0, 0.1) is 17.8 Å². The third-order valence-electron chi connectivity index (χ3n) is 6.94. The highest BCUT2D eigenvalue weighted by atomic mass is 16.5. The molecule has 0 radical (unpaired) electrons. The molecule has 1 aliphatic heterocycles. The zero-order chi connectivity index (χ0) is 21.3. The van der Waals surface area contributed by atoms with Crippen molar-refractivity contribution in [2.24, 2.45) is 17.8 Å². The molecule has 2 aromatic rings. The summed E-state index contributed by atoms with van der Waals surface area (Å²) in [6, 6.07) is 1.95. The molecule has 2 aromatic heterocycles. The van der Waals surface area contributed by atoms with E-state index in [2.05, 4.69) is 30.7 Å². The number of nitrogens with zero attached hydrogens (tertiary/aromatic N) is 3. The number of aromatic amines is 1. The smallest absolute Gasteiger partial charge is 0.142 e. The maximum atomic E-state index is 5.85. The lowest BCUT2D eigenvalue weighted by molar-refractivity contribution is 0.0452. The number of fused-ring (bicyclic) bond motifs is 1. The number of piperidine rings is 1. The van der Waals surface area contributed by atoms with E-state index in [9.17, 15) is 0 Å². The van der Waals surface area contributed by atoms with Crippen LogP contribution in [-0.2, 0) is 4.74 Å². The summed E-state index contributed by atoms with van der Waals surface area (Å²) in [4.78, 5) is 11.1. The maximum Gasteiger partial charge on any atom is 0.142 e. The monoisotopic (exact) mass is 428 g/mol. The van der Waals surface area contributed by atoms with Gasteiger partial charge in [-0.3, -0.25) is 5.43 Å². The summed E-state index contributed by atoms with van der Waals surface area (Å²) in [6.07, 6.45) is 16.1. The average molecular weight is 429 g/mol. The first-order chi connectivity index (χ1) is 15.3. The normalized spacial score (nSPS) is 21.1. The fourth-order valence-corrected chi connectivity index (χ4v) is 4.66. The van der Waals surface area contributed by atoms with Crippen molar-refractivity contribution in [3.05, 3.63) is 18.6 Å². The van der Waals surface area contributed by atoms with Gasteiger partial charge in [0.25, 0.3) is 0 Å². The van der Waals surface area contributed by atoms with Crippen LogP contribution in [0.15, 0.2) is 18.6 Å². The predicted octanol–water partition coefficient (Wildman–Crippen LogP) is 4.21. The Morgan fingerprint density at radius 2 is 1.71 bits per heavy atom. The molecular formula is C24H40N6O. The van der Waals surface area contributed by atoms with Gasteiger partial charge in [-0.15, -0.1) is 0 Å². The van der Waals surface area contributed by atoms with Crippen molar-refractivity contribution < 1.29 is 4.74 Å². The lowest BCUT2D eigenvalue weighted by Crippen LogP contribution is -2.46. The molecule has 31 heavy (non-hydrogen) atoms. The SMILES string of the molecule is C1CCC(CNN2CCC(COCC3CC3)CC2)CC1.CNc1ncnc2[nH]ccc12. The average Bonchev–Trinajstić information content (AvgIpc) is 3.52. The molecule has 0 bridgehead atoms. The van der Waals surface area contributed by atoms with Crippen molar-refractivity contribution in [3.8, 4) is 0 Å². The highest BCUT2D eigenvalue weighted by Crippen LogP contribution is 2.29. The van der Waals surface area contributed by atoms with E-state index in [0.29, 0.717) is 0 Å². The molecule has 3 N–H and O–H groups in total. The van der Waals surface area contributed by atoms with Gasteiger partial charge in [0.1, 0.15) is 17.8 Å². The summed E-state index contributed by atoms with van der Waals surface area (Å²) in [5.41, 5.74) is 4.55. The largest absolute Gasteiger partial charge is 0.381 e. The number of ether oxygens (including phenoxy) is 1. The van der Waals surface area contributed by atoms with Crippen molar-refractivity contribution in [1.82, 2.24) is 25.4 Å². The van der Waals surface area contributed by atoms with E-state index in [-0.39, 0.29) is 0 Å². The minimum Gasteiger partial charge on any atom is -0.381 e. The molecule has 3 fully saturated rings. The van der Waals surface area contributed by atoms with Crippen molar-refractivity contribution >= 4 is 16.9 Å². The molecule has 0 amide bonds. The Bertz CT molecular complexity index is 762. The Kier molecular flexibility index (Phi) is 8.55. The fraction of sp³-hybridized carbons (Fsp3) is 0.750. The Hall–Kier alpha value is -1.70. The summed E-state index contributed by atoms with van der Waals surface area (Å²) in [7, 11) is 1.84. The van der Waals surface area contributed by atoms with Crippen LogP contribution in [0.4, 0.5) is 5.82 Å². The first-order valence-corrected chi connectivity index (χ1v) is 12.3. The van der Waals surface area contributed by atoms with Crippen LogP contribution in [0.1, 0.15) is 57.8 Å². The van der Waals surface area contributed by atoms with Crippen molar-refractivity contribution in [2.45, 2.75) is 57.8 Å². The molecule has 1 saturated heterocycles. The number of aromatic nitrogens is 3. The van der Waals surface area contributed by atoms with E-state index in [1.807, 2.05) is 19.3 Å². The second-order valence-corrected chi connectivity index (χ2v) is 9.49. The summed E-state index contributed by atoms with van der Waals surface area (Å²) in [5, 5.41) is 6.47. The Morgan fingerprint density at radius 3 is 2.42 bits per heavy atom. The molecule has 7 heteroatoms. The summed E-state index contributed by atoms with van der Waals surface area (Å²) < 4.78 is 5.85. The Morgan fingerprint density at radius 1 is 0.968 bits per heavy atom. The molecule has 0 spiro atoms. The summed E-state index contributed by atoms with van der Waals surface area (Å²) >= 11 is 0. The third kappa shape index (κ3) is 7.16. The number of anilines is 1. The third-order valence-corrected chi connectivity index (χ3v) is 6.94. The number of nitrogens with one attached hydrogen (secondary N) is 3. The van der Waals surface area contributed by atoms with Crippen LogP contribution in [-0.4, -0.2) is 59.9 Å². The number of hydrogen-bond donors (Lipinski definition) is 3. The van der Waals surface area contributed by atoms with Gasteiger partial charge < -0.3 is 15.0 Å². The Balaban J connectivity index is 0.000000177. The molecular weight excluding hydrogens is 388 g/mol. The lowest BCUT2D eigenvalue weighted by Gasteiger charge is -2.34. The van der Waals surface area contributed by atoms with Crippen LogP contribution in [0.5, 0.6) is 0 Å². The number of H-pyrrole nitrogens is 1. The molecule has 0 unspecified atom stereocenters. The van der Waals surface area contributed by atoms with E-state index in [1.165, 1.54) is 83.7 Å². The van der Waals surface area contributed by atoms with Gasteiger partial charge >= 0.3 is 0 Å². The molecule has 0 aromatic carbocycles. The van der Waals surface area contributed by atoms with E-state index in [1.54, 1.807) is 0 Å². The van der Waals surface area contributed by atoms with E-state index >= 15 is 0 Å². The molecule has 7 nitrogen and oxygen atoms in total. The second kappa shape index (κ2) is 11.8.